The Bertz CT molecular complexity index is 540. The lowest BCUT2D eigenvalue weighted by Crippen LogP contribution is -2.17. The SMILES string of the molecule is CC(N)Cc1ccc(-c2cc(F)c(F)c(F)c2)o1. The number of hydrogen-bond donors (Lipinski definition) is 1. The van der Waals surface area contributed by atoms with Crippen LogP contribution in [0.3, 0.4) is 0 Å². The van der Waals surface area contributed by atoms with Crippen molar-refractivity contribution in [1.29, 1.82) is 0 Å². The quantitative estimate of drug-likeness (QED) is 0.855. The fourth-order valence-electron chi connectivity index (χ4n) is 1.66. The summed E-state index contributed by atoms with van der Waals surface area (Å²) in [5.74, 6) is -3.07. The Kier molecular flexibility index (Phi) is 3.43. The Hall–Kier alpha value is -1.75. The van der Waals surface area contributed by atoms with E-state index in [0.29, 0.717) is 12.2 Å². The Morgan fingerprint density at radius 3 is 2.33 bits per heavy atom. The maximum absolute atomic E-state index is 13.1. The molecule has 0 aliphatic carbocycles. The van der Waals surface area contributed by atoms with Crippen LogP contribution in [0.1, 0.15) is 12.7 Å². The van der Waals surface area contributed by atoms with Crippen LogP contribution in [0.15, 0.2) is 28.7 Å². The minimum absolute atomic E-state index is 0.0781. The first-order chi connectivity index (χ1) is 8.47. The van der Waals surface area contributed by atoms with Crippen LogP contribution in [0.25, 0.3) is 11.3 Å². The third kappa shape index (κ3) is 2.56. The van der Waals surface area contributed by atoms with Crippen molar-refractivity contribution in [2.24, 2.45) is 5.73 Å². The Morgan fingerprint density at radius 1 is 1.17 bits per heavy atom. The molecule has 0 saturated carbocycles. The highest BCUT2D eigenvalue weighted by Crippen LogP contribution is 2.26. The summed E-state index contributed by atoms with van der Waals surface area (Å²) in [4.78, 5) is 0. The molecule has 5 heteroatoms. The van der Waals surface area contributed by atoms with Crippen molar-refractivity contribution in [3.05, 3.63) is 47.5 Å². The van der Waals surface area contributed by atoms with E-state index in [1.807, 2.05) is 6.92 Å². The third-order valence-corrected chi connectivity index (χ3v) is 2.45. The molecule has 0 fully saturated rings. The average molecular weight is 255 g/mol. The average Bonchev–Trinajstić information content (AvgIpc) is 2.72. The summed E-state index contributed by atoms with van der Waals surface area (Å²) in [5.41, 5.74) is 5.77. The van der Waals surface area contributed by atoms with E-state index in [-0.39, 0.29) is 17.4 Å². The van der Waals surface area contributed by atoms with Crippen LogP contribution in [-0.4, -0.2) is 6.04 Å². The zero-order valence-corrected chi connectivity index (χ0v) is 9.71. The second-order valence-corrected chi connectivity index (χ2v) is 4.20. The van der Waals surface area contributed by atoms with Gasteiger partial charge in [-0.3, -0.25) is 0 Å². The van der Waals surface area contributed by atoms with Gasteiger partial charge in [0.1, 0.15) is 11.5 Å². The van der Waals surface area contributed by atoms with Gasteiger partial charge in [0.2, 0.25) is 0 Å². The molecule has 1 atom stereocenters. The summed E-state index contributed by atoms with van der Waals surface area (Å²) in [6.07, 6.45) is 0.520. The van der Waals surface area contributed by atoms with Crippen molar-refractivity contribution < 1.29 is 17.6 Å². The minimum Gasteiger partial charge on any atom is -0.461 e. The van der Waals surface area contributed by atoms with Crippen molar-refractivity contribution >= 4 is 0 Å². The minimum atomic E-state index is -1.49. The van der Waals surface area contributed by atoms with Crippen molar-refractivity contribution in [1.82, 2.24) is 0 Å². The van der Waals surface area contributed by atoms with Crippen molar-refractivity contribution in [2.75, 3.05) is 0 Å². The lowest BCUT2D eigenvalue weighted by atomic mass is 10.1. The largest absolute Gasteiger partial charge is 0.461 e. The first kappa shape index (κ1) is 12.7. The van der Waals surface area contributed by atoms with Crippen LogP contribution in [0, 0.1) is 17.5 Å². The fraction of sp³-hybridized carbons (Fsp3) is 0.231. The summed E-state index contributed by atoms with van der Waals surface area (Å²) >= 11 is 0. The number of halogens is 3. The molecule has 2 rings (SSSR count). The van der Waals surface area contributed by atoms with Gasteiger partial charge >= 0.3 is 0 Å². The first-order valence-corrected chi connectivity index (χ1v) is 5.46. The monoisotopic (exact) mass is 255 g/mol. The molecule has 0 aliphatic rings. The maximum atomic E-state index is 13.1. The van der Waals surface area contributed by atoms with Gasteiger partial charge < -0.3 is 10.2 Å². The zero-order valence-electron chi connectivity index (χ0n) is 9.71. The van der Waals surface area contributed by atoms with E-state index in [1.54, 1.807) is 12.1 Å². The molecule has 0 bridgehead atoms. The highest BCUT2D eigenvalue weighted by Gasteiger charge is 2.14. The molecule has 2 aromatic rings. The molecule has 2 N–H and O–H groups in total. The van der Waals surface area contributed by atoms with Gasteiger partial charge in [0.05, 0.1) is 0 Å². The Labute approximate surface area is 102 Å². The van der Waals surface area contributed by atoms with Gasteiger partial charge in [0.15, 0.2) is 17.5 Å². The lowest BCUT2D eigenvalue weighted by Gasteiger charge is -2.02. The molecule has 2 nitrogen and oxygen atoms in total. The maximum Gasteiger partial charge on any atom is 0.194 e. The number of nitrogens with two attached hydrogens (primary N) is 1. The predicted octanol–water partition coefficient (Wildman–Crippen LogP) is 3.25. The molecule has 0 spiro atoms. The highest BCUT2D eigenvalue weighted by molar-refractivity contribution is 5.57. The van der Waals surface area contributed by atoms with Gasteiger partial charge in [0, 0.05) is 18.0 Å². The molecule has 1 aromatic carbocycles. The second-order valence-electron chi connectivity index (χ2n) is 4.20. The second kappa shape index (κ2) is 4.86. The summed E-state index contributed by atoms with van der Waals surface area (Å²) in [5, 5.41) is 0. The molecule has 1 heterocycles. The molecule has 1 unspecified atom stereocenters. The molecule has 18 heavy (non-hydrogen) atoms. The molecular weight excluding hydrogens is 243 g/mol. The van der Waals surface area contributed by atoms with E-state index >= 15 is 0 Å². The molecule has 0 aliphatic heterocycles. The van der Waals surface area contributed by atoms with E-state index < -0.39 is 17.5 Å². The Morgan fingerprint density at radius 2 is 1.78 bits per heavy atom. The highest BCUT2D eigenvalue weighted by atomic mass is 19.2. The zero-order chi connectivity index (χ0) is 13.3. The van der Waals surface area contributed by atoms with Crippen LogP contribution in [0.4, 0.5) is 13.2 Å². The fourth-order valence-corrected chi connectivity index (χ4v) is 1.66. The van der Waals surface area contributed by atoms with Crippen LogP contribution < -0.4 is 5.73 Å². The third-order valence-electron chi connectivity index (χ3n) is 2.45. The molecule has 0 amide bonds. The summed E-state index contributed by atoms with van der Waals surface area (Å²) in [6, 6.07) is 4.97. The summed E-state index contributed by atoms with van der Waals surface area (Å²) in [7, 11) is 0. The van der Waals surface area contributed by atoms with Crippen LogP contribution in [-0.2, 0) is 6.42 Å². The molecule has 0 radical (unpaired) electrons. The van der Waals surface area contributed by atoms with E-state index in [0.717, 1.165) is 12.1 Å². The Balaban J connectivity index is 2.34. The van der Waals surface area contributed by atoms with E-state index in [1.165, 1.54) is 0 Å². The van der Waals surface area contributed by atoms with Crippen LogP contribution in [0.5, 0.6) is 0 Å². The van der Waals surface area contributed by atoms with Gasteiger partial charge in [-0.05, 0) is 31.2 Å². The van der Waals surface area contributed by atoms with Gasteiger partial charge in [-0.15, -0.1) is 0 Å². The molecule has 0 saturated heterocycles. The standard InChI is InChI=1S/C13H12F3NO/c1-7(17)4-9-2-3-12(18-9)8-5-10(14)13(16)11(15)6-8/h2-3,5-7H,4,17H2,1H3. The van der Waals surface area contributed by atoms with E-state index in [4.69, 9.17) is 10.2 Å². The number of benzene rings is 1. The van der Waals surface area contributed by atoms with Crippen molar-refractivity contribution in [2.45, 2.75) is 19.4 Å². The molecular formula is C13H12F3NO. The van der Waals surface area contributed by atoms with Crippen molar-refractivity contribution in [3.63, 3.8) is 0 Å². The lowest BCUT2D eigenvalue weighted by molar-refractivity contribution is 0.446. The normalized spacial score (nSPS) is 12.7. The van der Waals surface area contributed by atoms with Crippen molar-refractivity contribution in [3.8, 4) is 11.3 Å². The molecule has 96 valence electrons. The molecule has 1 aromatic heterocycles. The van der Waals surface area contributed by atoms with Gasteiger partial charge in [-0.2, -0.15) is 0 Å². The smallest absolute Gasteiger partial charge is 0.194 e. The van der Waals surface area contributed by atoms with Gasteiger partial charge in [-0.1, -0.05) is 0 Å². The first-order valence-electron chi connectivity index (χ1n) is 5.46. The summed E-state index contributed by atoms with van der Waals surface area (Å²) < 4.78 is 44.3. The van der Waals surface area contributed by atoms with Crippen LogP contribution >= 0.6 is 0 Å². The van der Waals surface area contributed by atoms with Gasteiger partial charge in [-0.25, -0.2) is 13.2 Å². The van der Waals surface area contributed by atoms with E-state index in [2.05, 4.69) is 0 Å². The summed E-state index contributed by atoms with van der Waals surface area (Å²) in [6.45, 7) is 1.82. The number of furan rings is 1. The number of hydrogen-bond acceptors (Lipinski definition) is 2. The topological polar surface area (TPSA) is 39.2 Å². The predicted molar refractivity (Wildman–Crippen MR) is 61.4 cm³/mol. The van der Waals surface area contributed by atoms with Gasteiger partial charge in [0.25, 0.3) is 0 Å². The van der Waals surface area contributed by atoms with Crippen LogP contribution in [0.2, 0.25) is 0 Å². The number of rotatable bonds is 3. The van der Waals surface area contributed by atoms with E-state index in [9.17, 15) is 13.2 Å².